The first kappa shape index (κ1) is 12.1. The third-order valence-electron chi connectivity index (χ3n) is 0.243. The molecule has 8 heavy (non-hydrogen) atoms. The molecular formula is C2HCl3NaO2. The number of aliphatic carboxylic acids is 1. The second-order valence-corrected chi connectivity index (χ2v) is 3.08. The average molecular weight is 186 g/mol. The molecule has 0 bridgehead atoms. The van der Waals surface area contributed by atoms with Gasteiger partial charge in [-0.15, -0.1) is 0 Å². The molecule has 0 aliphatic rings. The van der Waals surface area contributed by atoms with E-state index in [4.69, 9.17) is 39.9 Å². The Morgan fingerprint density at radius 3 is 1.50 bits per heavy atom. The van der Waals surface area contributed by atoms with Gasteiger partial charge in [-0.25, -0.2) is 4.79 Å². The number of rotatable bonds is 0. The third-order valence-corrected chi connectivity index (χ3v) is 0.728. The molecule has 0 heterocycles. The van der Waals surface area contributed by atoms with E-state index in [1.165, 1.54) is 0 Å². The number of carboxylic acid groups (broad SMARTS) is 1. The Hall–Kier alpha value is 1.34. The number of carboxylic acids is 1. The van der Waals surface area contributed by atoms with Gasteiger partial charge in [0.15, 0.2) is 0 Å². The molecule has 0 aliphatic carbocycles. The van der Waals surface area contributed by atoms with Crippen LogP contribution in [0, 0.1) is 0 Å². The van der Waals surface area contributed by atoms with Crippen LogP contribution in [0.3, 0.4) is 0 Å². The van der Waals surface area contributed by atoms with Crippen molar-refractivity contribution in [1.29, 1.82) is 0 Å². The maximum atomic E-state index is 9.62. The van der Waals surface area contributed by atoms with Gasteiger partial charge in [-0.2, -0.15) is 0 Å². The molecular weight excluding hydrogens is 185 g/mol. The molecule has 0 aromatic carbocycles. The summed E-state index contributed by atoms with van der Waals surface area (Å²) >= 11 is 14.4. The van der Waals surface area contributed by atoms with Crippen LogP contribution in [0.15, 0.2) is 0 Å². The Morgan fingerprint density at radius 2 is 1.50 bits per heavy atom. The van der Waals surface area contributed by atoms with Gasteiger partial charge in [0.05, 0.1) is 0 Å². The van der Waals surface area contributed by atoms with Crippen LogP contribution in [-0.4, -0.2) is 44.4 Å². The molecule has 2 nitrogen and oxygen atoms in total. The van der Waals surface area contributed by atoms with Crippen LogP contribution >= 0.6 is 34.8 Å². The van der Waals surface area contributed by atoms with E-state index in [1.807, 2.05) is 0 Å². The van der Waals surface area contributed by atoms with E-state index in [9.17, 15) is 4.79 Å². The first-order valence-corrected chi connectivity index (χ1v) is 2.38. The summed E-state index contributed by atoms with van der Waals surface area (Å²) in [4.78, 5) is 9.62. The van der Waals surface area contributed by atoms with Gasteiger partial charge in [0.1, 0.15) is 0 Å². The second kappa shape index (κ2) is 4.20. The van der Waals surface area contributed by atoms with Crippen molar-refractivity contribution in [2.75, 3.05) is 0 Å². The fraction of sp³-hybridized carbons (Fsp3) is 0.500. The van der Waals surface area contributed by atoms with Crippen molar-refractivity contribution >= 4 is 70.3 Å². The van der Waals surface area contributed by atoms with Crippen molar-refractivity contribution in [2.45, 2.75) is 3.79 Å². The summed E-state index contributed by atoms with van der Waals surface area (Å²) < 4.78 is -2.17. The Balaban J connectivity index is 0. The molecule has 0 fully saturated rings. The van der Waals surface area contributed by atoms with Crippen molar-refractivity contribution in [3.63, 3.8) is 0 Å². The summed E-state index contributed by atoms with van der Waals surface area (Å²) in [6.45, 7) is 0. The van der Waals surface area contributed by atoms with E-state index in [2.05, 4.69) is 0 Å². The Morgan fingerprint density at radius 1 is 1.38 bits per heavy atom. The molecule has 1 N–H and O–H groups in total. The minimum Gasteiger partial charge on any atom is -0.478 e. The predicted octanol–water partition coefficient (Wildman–Crippen LogP) is 1.06. The molecule has 0 aromatic heterocycles. The monoisotopic (exact) mass is 185 g/mol. The van der Waals surface area contributed by atoms with Gasteiger partial charge in [-0.05, 0) is 0 Å². The average Bonchev–Trinajstić information content (AvgIpc) is 1.31. The van der Waals surface area contributed by atoms with Crippen molar-refractivity contribution in [3.8, 4) is 0 Å². The molecule has 0 amide bonds. The first-order valence-electron chi connectivity index (χ1n) is 1.24. The van der Waals surface area contributed by atoms with Crippen molar-refractivity contribution < 1.29 is 9.90 Å². The third kappa shape index (κ3) is 5.48. The molecule has 0 spiro atoms. The smallest absolute Gasteiger partial charge is 0.356 e. The number of carbonyl (C=O) groups is 1. The van der Waals surface area contributed by atoms with Crippen LogP contribution in [-0.2, 0) is 4.79 Å². The van der Waals surface area contributed by atoms with E-state index in [0.29, 0.717) is 0 Å². The van der Waals surface area contributed by atoms with Crippen LogP contribution in [0.4, 0.5) is 0 Å². The predicted molar refractivity (Wildman–Crippen MR) is 33.7 cm³/mol. The fourth-order valence-electron chi connectivity index (χ4n) is 0. The summed E-state index contributed by atoms with van der Waals surface area (Å²) in [6.07, 6.45) is 0. The van der Waals surface area contributed by atoms with E-state index >= 15 is 0 Å². The van der Waals surface area contributed by atoms with Gasteiger partial charge < -0.3 is 5.11 Å². The minimum absolute atomic E-state index is 0. The standard InChI is InChI=1S/C2HCl3O2.Na/c3-2(4,5)1(6)7;/h(H,6,7);. The molecule has 6 heteroatoms. The SMILES string of the molecule is O=C(O)C(Cl)(Cl)Cl.[Na]. The largest absolute Gasteiger partial charge is 0.478 e. The molecule has 0 saturated heterocycles. The number of hydrogen-bond acceptors (Lipinski definition) is 1. The van der Waals surface area contributed by atoms with Gasteiger partial charge in [-0.1, -0.05) is 34.8 Å². The quantitative estimate of drug-likeness (QED) is 0.454. The summed E-state index contributed by atoms with van der Waals surface area (Å²) in [5.74, 6) is -1.46. The molecule has 0 rings (SSSR count). The fourth-order valence-corrected chi connectivity index (χ4v) is 0. The number of hydrogen-bond donors (Lipinski definition) is 1. The van der Waals surface area contributed by atoms with E-state index in [1.54, 1.807) is 0 Å². The Bertz CT molecular complexity index is 87.8. The maximum Gasteiger partial charge on any atom is 0.356 e. The molecule has 1 radical (unpaired) electrons. The van der Waals surface area contributed by atoms with Crippen LogP contribution in [0.1, 0.15) is 0 Å². The summed E-state index contributed by atoms with van der Waals surface area (Å²) in [5, 5.41) is 7.85. The van der Waals surface area contributed by atoms with E-state index in [0.717, 1.165) is 0 Å². The maximum absolute atomic E-state index is 9.62. The summed E-state index contributed by atoms with van der Waals surface area (Å²) in [5.41, 5.74) is 0. The molecule has 0 saturated carbocycles. The van der Waals surface area contributed by atoms with Gasteiger partial charge in [0.2, 0.25) is 0 Å². The molecule has 0 aromatic rings. The van der Waals surface area contributed by atoms with Crippen LogP contribution < -0.4 is 0 Å². The minimum atomic E-state index is -2.17. The van der Waals surface area contributed by atoms with Crippen LogP contribution in [0.5, 0.6) is 0 Å². The summed E-state index contributed by atoms with van der Waals surface area (Å²) in [7, 11) is 0. The van der Waals surface area contributed by atoms with Gasteiger partial charge in [0.25, 0.3) is 3.79 Å². The van der Waals surface area contributed by atoms with E-state index in [-0.39, 0.29) is 29.6 Å². The summed E-state index contributed by atoms with van der Waals surface area (Å²) in [6, 6.07) is 0. The molecule has 0 atom stereocenters. The first-order chi connectivity index (χ1) is 2.94. The number of alkyl halides is 3. The normalized spacial score (nSPS) is 9.88. The van der Waals surface area contributed by atoms with Crippen molar-refractivity contribution in [3.05, 3.63) is 0 Å². The van der Waals surface area contributed by atoms with Crippen molar-refractivity contribution in [2.24, 2.45) is 0 Å². The topological polar surface area (TPSA) is 37.3 Å². The van der Waals surface area contributed by atoms with Gasteiger partial charge in [0, 0.05) is 29.6 Å². The van der Waals surface area contributed by atoms with Crippen LogP contribution in [0.2, 0.25) is 0 Å². The molecule has 0 unspecified atom stereocenters. The Kier molecular flexibility index (Phi) is 6.33. The van der Waals surface area contributed by atoms with E-state index < -0.39 is 9.76 Å². The van der Waals surface area contributed by atoms with Crippen molar-refractivity contribution in [1.82, 2.24) is 0 Å². The second-order valence-electron chi connectivity index (χ2n) is 0.803. The van der Waals surface area contributed by atoms with Crippen LogP contribution in [0.25, 0.3) is 0 Å². The number of halogens is 3. The Labute approximate surface area is 83.4 Å². The van der Waals surface area contributed by atoms with Gasteiger partial charge in [-0.3, -0.25) is 0 Å². The molecule has 43 valence electrons. The zero-order valence-electron chi connectivity index (χ0n) is 3.99. The van der Waals surface area contributed by atoms with Gasteiger partial charge >= 0.3 is 5.97 Å². The molecule has 0 aliphatic heterocycles. The zero-order valence-corrected chi connectivity index (χ0v) is 8.26. The zero-order chi connectivity index (χ0) is 6.08.